The number of ether oxygens (including phenoxy) is 5. The Morgan fingerprint density at radius 2 is 1.12 bits per heavy atom. The lowest BCUT2D eigenvalue weighted by Gasteiger charge is -2.15. The second-order valence-corrected chi connectivity index (χ2v) is 6.80. The third-order valence-corrected chi connectivity index (χ3v) is 5.00. The number of rotatable bonds is 9. The van der Waals surface area contributed by atoms with Crippen LogP contribution in [0.2, 0.25) is 0 Å². The number of benzene rings is 3. The van der Waals surface area contributed by atoms with E-state index in [4.69, 9.17) is 23.7 Å². The molecule has 6 heteroatoms. The van der Waals surface area contributed by atoms with Crippen LogP contribution in [-0.2, 0) is 0 Å². The molecular weight excluding hydrogens is 408 g/mol. The van der Waals surface area contributed by atoms with Crippen LogP contribution in [0.25, 0.3) is 11.6 Å². The van der Waals surface area contributed by atoms with Gasteiger partial charge in [0.25, 0.3) is 0 Å². The van der Waals surface area contributed by atoms with Gasteiger partial charge in [-0.25, -0.2) is 0 Å². The van der Waals surface area contributed by atoms with E-state index in [9.17, 15) is 4.79 Å². The molecule has 32 heavy (non-hydrogen) atoms. The molecule has 0 amide bonds. The Hall–Kier alpha value is -3.93. The maximum Gasteiger partial charge on any atom is 0.203 e. The van der Waals surface area contributed by atoms with Crippen molar-refractivity contribution < 1.29 is 28.5 Å². The van der Waals surface area contributed by atoms with Gasteiger partial charge in [-0.05, 0) is 53.6 Å². The minimum absolute atomic E-state index is 0.190. The van der Waals surface area contributed by atoms with Crippen LogP contribution in [0.4, 0.5) is 0 Å². The zero-order valence-corrected chi connectivity index (χ0v) is 18.8. The molecule has 0 aliphatic rings. The summed E-state index contributed by atoms with van der Waals surface area (Å²) in [6.45, 7) is 0. The SMILES string of the molecule is COc1ccc(/C=C(\C(=O)c2cc(OC)c(OC)c(OC)c2)c2ccc(OC)cc2)cc1. The van der Waals surface area contributed by atoms with Crippen LogP contribution < -0.4 is 23.7 Å². The van der Waals surface area contributed by atoms with Gasteiger partial charge in [-0.1, -0.05) is 24.3 Å². The van der Waals surface area contributed by atoms with Gasteiger partial charge in [0.05, 0.1) is 35.5 Å². The fourth-order valence-corrected chi connectivity index (χ4v) is 3.29. The van der Waals surface area contributed by atoms with E-state index in [1.54, 1.807) is 26.4 Å². The van der Waals surface area contributed by atoms with Crippen molar-refractivity contribution in [2.45, 2.75) is 0 Å². The van der Waals surface area contributed by atoms with Crippen LogP contribution in [0.1, 0.15) is 21.5 Å². The number of carbonyl (C=O) groups excluding carboxylic acids is 1. The monoisotopic (exact) mass is 434 g/mol. The molecule has 0 heterocycles. The summed E-state index contributed by atoms with van der Waals surface area (Å²) in [6, 6.07) is 18.1. The number of allylic oxidation sites excluding steroid dienone is 1. The molecule has 0 unspecified atom stereocenters. The number of hydrogen-bond donors (Lipinski definition) is 0. The lowest BCUT2D eigenvalue weighted by molar-refractivity contribution is 0.105. The molecule has 0 spiro atoms. The maximum atomic E-state index is 13.7. The van der Waals surface area contributed by atoms with Crippen molar-refractivity contribution >= 4 is 17.4 Å². The zero-order chi connectivity index (χ0) is 23.1. The molecule has 0 aliphatic carbocycles. The summed E-state index contributed by atoms with van der Waals surface area (Å²) in [7, 11) is 7.77. The van der Waals surface area contributed by atoms with Crippen LogP contribution in [0, 0.1) is 0 Å². The number of ketones is 1. The van der Waals surface area contributed by atoms with E-state index in [1.807, 2.05) is 54.6 Å². The van der Waals surface area contributed by atoms with E-state index in [0.29, 0.717) is 34.1 Å². The van der Waals surface area contributed by atoms with E-state index in [2.05, 4.69) is 0 Å². The quantitative estimate of drug-likeness (QED) is 0.264. The fourth-order valence-electron chi connectivity index (χ4n) is 3.29. The molecular formula is C26H26O6. The Bertz CT molecular complexity index is 1070. The number of hydrogen-bond acceptors (Lipinski definition) is 6. The summed E-state index contributed by atoms with van der Waals surface area (Å²) in [6.07, 6.45) is 1.84. The van der Waals surface area contributed by atoms with Crippen LogP contribution in [0.15, 0.2) is 60.7 Å². The van der Waals surface area contributed by atoms with Crippen molar-refractivity contribution in [1.82, 2.24) is 0 Å². The first-order chi connectivity index (χ1) is 15.5. The first kappa shape index (κ1) is 22.7. The van der Waals surface area contributed by atoms with Crippen LogP contribution in [0.3, 0.4) is 0 Å². The summed E-state index contributed by atoms with van der Waals surface area (Å²) in [4.78, 5) is 13.7. The summed E-state index contributed by atoms with van der Waals surface area (Å²) in [5.74, 6) is 2.51. The molecule has 3 aromatic rings. The molecule has 0 bridgehead atoms. The van der Waals surface area contributed by atoms with Gasteiger partial charge in [-0.3, -0.25) is 4.79 Å². The molecule has 166 valence electrons. The lowest BCUT2D eigenvalue weighted by Crippen LogP contribution is -2.05. The fraction of sp³-hybridized carbons (Fsp3) is 0.192. The van der Waals surface area contributed by atoms with Crippen molar-refractivity contribution in [2.24, 2.45) is 0 Å². The third-order valence-electron chi connectivity index (χ3n) is 5.00. The summed E-state index contributed by atoms with van der Waals surface area (Å²) < 4.78 is 26.7. The Labute approximate surface area is 188 Å². The molecule has 3 aromatic carbocycles. The number of Topliss-reactive ketones (excluding diaryl/α,β-unsaturated/α-hetero) is 1. The van der Waals surface area contributed by atoms with Crippen LogP contribution >= 0.6 is 0 Å². The number of carbonyl (C=O) groups is 1. The molecule has 3 rings (SSSR count). The molecule has 0 saturated carbocycles. The van der Waals surface area contributed by atoms with Gasteiger partial charge in [-0.2, -0.15) is 0 Å². The molecule has 0 radical (unpaired) electrons. The molecule has 0 saturated heterocycles. The van der Waals surface area contributed by atoms with E-state index in [-0.39, 0.29) is 5.78 Å². The minimum atomic E-state index is -0.190. The molecule has 0 aromatic heterocycles. The van der Waals surface area contributed by atoms with Gasteiger partial charge in [0.15, 0.2) is 17.3 Å². The maximum absolute atomic E-state index is 13.7. The van der Waals surface area contributed by atoms with Crippen molar-refractivity contribution in [3.8, 4) is 28.7 Å². The van der Waals surface area contributed by atoms with Gasteiger partial charge in [-0.15, -0.1) is 0 Å². The van der Waals surface area contributed by atoms with Crippen molar-refractivity contribution in [3.05, 3.63) is 77.4 Å². The third kappa shape index (κ3) is 4.86. The Balaban J connectivity index is 2.13. The molecule has 6 nitrogen and oxygen atoms in total. The zero-order valence-electron chi connectivity index (χ0n) is 18.8. The smallest absolute Gasteiger partial charge is 0.203 e. The molecule has 0 fully saturated rings. The molecule has 0 aliphatic heterocycles. The average molecular weight is 434 g/mol. The Kier molecular flexibility index (Phi) is 7.39. The summed E-state index contributed by atoms with van der Waals surface area (Å²) in [5, 5.41) is 0. The second-order valence-electron chi connectivity index (χ2n) is 6.80. The Morgan fingerprint density at radius 1 is 0.625 bits per heavy atom. The minimum Gasteiger partial charge on any atom is -0.497 e. The lowest BCUT2D eigenvalue weighted by atomic mass is 9.94. The van der Waals surface area contributed by atoms with Gasteiger partial charge in [0.1, 0.15) is 11.5 Å². The van der Waals surface area contributed by atoms with Crippen molar-refractivity contribution in [3.63, 3.8) is 0 Å². The highest BCUT2D eigenvalue weighted by Gasteiger charge is 2.21. The first-order valence-electron chi connectivity index (χ1n) is 9.89. The van der Waals surface area contributed by atoms with Gasteiger partial charge >= 0.3 is 0 Å². The Morgan fingerprint density at radius 3 is 1.56 bits per heavy atom. The standard InChI is InChI=1S/C26H26O6/c1-28-20-10-6-17(7-11-20)14-22(18-8-12-21(29-2)13-9-18)25(27)19-15-23(30-3)26(32-5)24(16-19)31-4/h6-16H,1-5H3/b22-14-. The average Bonchev–Trinajstić information content (AvgIpc) is 2.86. The molecule has 0 N–H and O–H groups in total. The van der Waals surface area contributed by atoms with Crippen molar-refractivity contribution in [2.75, 3.05) is 35.5 Å². The first-order valence-corrected chi connectivity index (χ1v) is 9.89. The van der Waals surface area contributed by atoms with Gasteiger partial charge in [0.2, 0.25) is 5.75 Å². The van der Waals surface area contributed by atoms with E-state index in [0.717, 1.165) is 16.9 Å². The van der Waals surface area contributed by atoms with E-state index >= 15 is 0 Å². The normalized spacial score (nSPS) is 11.0. The van der Waals surface area contributed by atoms with Crippen LogP contribution in [0.5, 0.6) is 28.7 Å². The highest BCUT2D eigenvalue weighted by atomic mass is 16.5. The largest absolute Gasteiger partial charge is 0.497 e. The number of methoxy groups -OCH3 is 5. The van der Waals surface area contributed by atoms with Crippen molar-refractivity contribution in [1.29, 1.82) is 0 Å². The van der Waals surface area contributed by atoms with Gasteiger partial charge in [0, 0.05) is 11.1 Å². The molecule has 0 atom stereocenters. The predicted octanol–water partition coefficient (Wildman–Crippen LogP) is 5.15. The highest BCUT2D eigenvalue weighted by Crippen LogP contribution is 2.39. The summed E-state index contributed by atoms with van der Waals surface area (Å²) in [5.41, 5.74) is 2.53. The van der Waals surface area contributed by atoms with Crippen LogP contribution in [-0.4, -0.2) is 41.3 Å². The second kappa shape index (κ2) is 10.4. The van der Waals surface area contributed by atoms with E-state index < -0.39 is 0 Å². The highest BCUT2D eigenvalue weighted by molar-refractivity contribution is 6.32. The predicted molar refractivity (Wildman–Crippen MR) is 124 cm³/mol. The summed E-state index contributed by atoms with van der Waals surface area (Å²) >= 11 is 0. The van der Waals surface area contributed by atoms with E-state index in [1.165, 1.54) is 21.3 Å². The topological polar surface area (TPSA) is 63.2 Å². The van der Waals surface area contributed by atoms with Gasteiger partial charge < -0.3 is 23.7 Å².